The fraction of sp³-hybridized carbons (Fsp3) is 0.167. The molecule has 0 saturated heterocycles. The molecule has 0 spiro atoms. The van der Waals surface area contributed by atoms with Gasteiger partial charge in [-0.3, -0.25) is 0 Å². The number of nitrogens with zero attached hydrogens (tertiary/aromatic N) is 4. The van der Waals surface area contributed by atoms with Crippen molar-refractivity contribution in [1.29, 1.82) is 0 Å². The number of hydrogen-bond acceptors (Lipinski definition) is 5. The molecule has 0 unspecified atom stereocenters. The Bertz CT molecular complexity index is 1010. The van der Waals surface area contributed by atoms with Gasteiger partial charge in [-0.15, -0.1) is 0 Å². The Hall–Kier alpha value is -2.67. The van der Waals surface area contributed by atoms with Gasteiger partial charge in [0, 0.05) is 12.1 Å². The summed E-state index contributed by atoms with van der Waals surface area (Å²) in [4.78, 5) is 9.04. The number of para-hydroxylation sites is 2. The van der Waals surface area contributed by atoms with E-state index in [1.165, 1.54) is 12.1 Å². The predicted octanol–water partition coefficient (Wildman–Crippen LogP) is 4.54. The molecule has 4 rings (SSSR count). The summed E-state index contributed by atoms with van der Waals surface area (Å²) in [5.41, 5.74) is 2.82. The van der Waals surface area contributed by atoms with Gasteiger partial charge in [0.2, 0.25) is 11.7 Å². The van der Waals surface area contributed by atoms with E-state index in [1.807, 2.05) is 18.2 Å². The Labute approximate surface area is 147 Å². The standard InChI is InChI=1S/C18H15FN4OS/c1-2-23-15-6-4-3-5-14(15)20-18(23)25-11-16-21-17(22-24-16)12-7-9-13(19)10-8-12/h3-10H,2,11H2,1H3. The zero-order chi connectivity index (χ0) is 17.2. The van der Waals surface area contributed by atoms with Crippen molar-refractivity contribution in [3.63, 3.8) is 0 Å². The molecule has 2 aromatic heterocycles. The molecule has 0 amide bonds. The topological polar surface area (TPSA) is 56.7 Å². The lowest BCUT2D eigenvalue weighted by Crippen LogP contribution is -1.96. The second-order valence-corrected chi connectivity index (χ2v) is 6.38. The summed E-state index contributed by atoms with van der Waals surface area (Å²) in [6, 6.07) is 14.1. The van der Waals surface area contributed by atoms with Gasteiger partial charge in [0.15, 0.2) is 5.16 Å². The number of benzene rings is 2. The second-order valence-electron chi connectivity index (χ2n) is 5.43. The SMILES string of the molecule is CCn1c(SCc2nc(-c3ccc(F)cc3)no2)nc2ccccc21. The van der Waals surface area contributed by atoms with Crippen molar-refractivity contribution in [2.45, 2.75) is 24.4 Å². The summed E-state index contributed by atoms with van der Waals surface area (Å²) in [5.74, 6) is 1.21. The van der Waals surface area contributed by atoms with E-state index in [4.69, 9.17) is 4.52 Å². The van der Waals surface area contributed by atoms with E-state index in [-0.39, 0.29) is 5.82 Å². The van der Waals surface area contributed by atoms with Crippen LogP contribution in [0.4, 0.5) is 4.39 Å². The lowest BCUT2D eigenvalue weighted by atomic mass is 10.2. The Morgan fingerprint density at radius 1 is 1.08 bits per heavy atom. The number of hydrogen-bond donors (Lipinski definition) is 0. The molecule has 0 saturated carbocycles. The van der Waals surface area contributed by atoms with Crippen LogP contribution in [0.1, 0.15) is 12.8 Å². The van der Waals surface area contributed by atoms with E-state index in [0.717, 1.165) is 28.3 Å². The zero-order valence-corrected chi connectivity index (χ0v) is 14.3. The highest BCUT2D eigenvalue weighted by molar-refractivity contribution is 7.98. The van der Waals surface area contributed by atoms with Crippen LogP contribution in [0.25, 0.3) is 22.4 Å². The van der Waals surface area contributed by atoms with Crippen LogP contribution in [-0.4, -0.2) is 19.7 Å². The molecule has 0 aliphatic carbocycles. The van der Waals surface area contributed by atoms with Crippen LogP contribution < -0.4 is 0 Å². The fourth-order valence-electron chi connectivity index (χ4n) is 2.63. The second kappa shape index (κ2) is 6.68. The highest BCUT2D eigenvalue weighted by Crippen LogP contribution is 2.27. The summed E-state index contributed by atoms with van der Waals surface area (Å²) >= 11 is 1.56. The molecule has 0 aliphatic rings. The molecular weight excluding hydrogens is 339 g/mol. The third-order valence-electron chi connectivity index (χ3n) is 3.83. The minimum absolute atomic E-state index is 0.290. The van der Waals surface area contributed by atoms with Crippen molar-refractivity contribution in [2.75, 3.05) is 0 Å². The summed E-state index contributed by atoms with van der Waals surface area (Å²) in [6.45, 7) is 2.94. The minimum Gasteiger partial charge on any atom is -0.338 e. The molecule has 0 bridgehead atoms. The molecule has 7 heteroatoms. The first-order valence-corrected chi connectivity index (χ1v) is 8.89. The third-order valence-corrected chi connectivity index (χ3v) is 4.79. The van der Waals surface area contributed by atoms with Crippen molar-refractivity contribution in [2.24, 2.45) is 0 Å². The molecule has 2 heterocycles. The lowest BCUT2D eigenvalue weighted by molar-refractivity contribution is 0.391. The van der Waals surface area contributed by atoms with Crippen molar-refractivity contribution in [1.82, 2.24) is 19.7 Å². The zero-order valence-electron chi connectivity index (χ0n) is 13.5. The summed E-state index contributed by atoms with van der Waals surface area (Å²) < 4.78 is 20.5. The van der Waals surface area contributed by atoms with Gasteiger partial charge in [0.25, 0.3) is 0 Å². The number of aryl methyl sites for hydroxylation is 1. The molecule has 0 radical (unpaired) electrons. The highest BCUT2D eigenvalue weighted by Gasteiger charge is 2.13. The van der Waals surface area contributed by atoms with Gasteiger partial charge < -0.3 is 9.09 Å². The number of thioether (sulfide) groups is 1. The molecule has 0 atom stereocenters. The first-order valence-electron chi connectivity index (χ1n) is 7.91. The number of rotatable bonds is 5. The monoisotopic (exact) mass is 354 g/mol. The maximum atomic E-state index is 13.0. The Balaban J connectivity index is 1.53. The predicted molar refractivity (Wildman–Crippen MR) is 94.7 cm³/mol. The number of fused-ring (bicyclic) bond motifs is 1. The number of imidazole rings is 1. The average molecular weight is 354 g/mol. The summed E-state index contributed by atoms with van der Waals surface area (Å²) in [7, 11) is 0. The minimum atomic E-state index is -0.290. The van der Waals surface area contributed by atoms with Gasteiger partial charge in [0.1, 0.15) is 5.82 Å². The van der Waals surface area contributed by atoms with Crippen LogP contribution in [0.5, 0.6) is 0 Å². The molecule has 0 N–H and O–H groups in total. The quantitative estimate of drug-likeness (QED) is 0.493. The molecular formula is C18H15FN4OS. The average Bonchev–Trinajstić information content (AvgIpc) is 3.24. The molecule has 5 nitrogen and oxygen atoms in total. The lowest BCUT2D eigenvalue weighted by Gasteiger charge is -2.03. The maximum absolute atomic E-state index is 13.0. The van der Waals surface area contributed by atoms with E-state index in [2.05, 4.69) is 32.7 Å². The molecule has 126 valence electrons. The third kappa shape index (κ3) is 3.15. The first-order chi connectivity index (χ1) is 12.2. The number of halogens is 1. The van der Waals surface area contributed by atoms with Crippen LogP contribution in [0.2, 0.25) is 0 Å². The van der Waals surface area contributed by atoms with E-state index in [0.29, 0.717) is 17.5 Å². The van der Waals surface area contributed by atoms with Gasteiger partial charge in [-0.2, -0.15) is 4.98 Å². The summed E-state index contributed by atoms with van der Waals surface area (Å²) in [6.07, 6.45) is 0. The maximum Gasteiger partial charge on any atom is 0.237 e. The normalized spacial score (nSPS) is 11.3. The fourth-order valence-corrected chi connectivity index (χ4v) is 3.54. The van der Waals surface area contributed by atoms with Crippen molar-refractivity contribution < 1.29 is 8.91 Å². The summed E-state index contributed by atoms with van der Waals surface area (Å²) in [5, 5.41) is 4.89. The first kappa shape index (κ1) is 15.8. The van der Waals surface area contributed by atoms with Gasteiger partial charge in [0.05, 0.1) is 16.8 Å². The van der Waals surface area contributed by atoms with E-state index >= 15 is 0 Å². The Kier molecular flexibility index (Phi) is 4.23. The van der Waals surface area contributed by atoms with Crippen molar-refractivity contribution in [3.8, 4) is 11.4 Å². The molecule has 4 aromatic rings. The van der Waals surface area contributed by atoms with Gasteiger partial charge in [-0.05, 0) is 43.3 Å². The molecule has 0 fully saturated rings. The van der Waals surface area contributed by atoms with Crippen LogP contribution in [0.3, 0.4) is 0 Å². The number of aromatic nitrogens is 4. The molecule has 25 heavy (non-hydrogen) atoms. The Morgan fingerprint density at radius 3 is 2.68 bits per heavy atom. The van der Waals surface area contributed by atoms with Crippen LogP contribution in [0, 0.1) is 5.82 Å². The van der Waals surface area contributed by atoms with Crippen molar-refractivity contribution >= 4 is 22.8 Å². The van der Waals surface area contributed by atoms with Crippen molar-refractivity contribution in [3.05, 3.63) is 60.2 Å². The van der Waals surface area contributed by atoms with Crippen LogP contribution in [-0.2, 0) is 12.3 Å². The Morgan fingerprint density at radius 2 is 1.88 bits per heavy atom. The van der Waals surface area contributed by atoms with E-state index in [1.54, 1.807) is 23.9 Å². The van der Waals surface area contributed by atoms with Gasteiger partial charge in [-0.1, -0.05) is 29.1 Å². The van der Waals surface area contributed by atoms with Gasteiger partial charge in [-0.25, -0.2) is 9.37 Å². The smallest absolute Gasteiger partial charge is 0.237 e. The largest absolute Gasteiger partial charge is 0.338 e. The highest BCUT2D eigenvalue weighted by atomic mass is 32.2. The van der Waals surface area contributed by atoms with Crippen LogP contribution in [0.15, 0.2) is 58.2 Å². The molecule has 2 aromatic carbocycles. The van der Waals surface area contributed by atoms with E-state index in [9.17, 15) is 4.39 Å². The molecule has 0 aliphatic heterocycles. The van der Waals surface area contributed by atoms with Gasteiger partial charge >= 0.3 is 0 Å². The van der Waals surface area contributed by atoms with E-state index < -0.39 is 0 Å². The van der Waals surface area contributed by atoms with Crippen LogP contribution >= 0.6 is 11.8 Å².